The van der Waals surface area contributed by atoms with Gasteiger partial charge in [0.25, 0.3) is 11.8 Å². The lowest BCUT2D eigenvalue weighted by molar-refractivity contribution is -0.121. The van der Waals surface area contributed by atoms with Crippen LogP contribution in [0.5, 0.6) is 0 Å². The third-order valence-corrected chi connectivity index (χ3v) is 5.07. The van der Waals surface area contributed by atoms with Crippen molar-refractivity contribution in [1.29, 1.82) is 0 Å². The molecule has 1 aliphatic heterocycles. The van der Waals surface area contributed by atoms with E-state index in [4.69, 9.17) is 0 Å². The highest BCUT2D eigenvalue weighted by molar-refractivity contribution is 6.34. The van der Waals surface area contributed by atoms with Crippen molar-refractivity contribution in [1.82, 2.24) is 5.32 Å². The molecule has 2 aromatic carbocycles. The molecular weight excluding hydrogens is 328 g/mol. The van der Waals surface area contributed by atoms with Crippen LogP contribution in [0.2, 0.25) is 0 Å². The van der Waals surface area contributed by atoms with Gasteiger partial charge in [-0.2, -0.15) is 0 Å². The normalized spacial score (nSPS) is 16.8. The first-order valence-electron chi connectivity index (χ1n) is 8.99. The number of amides is 3. The largest absolute Gasteiger partial charge is 0.353 e. The van der Waals surface area contributed by atoms with Crippen LogP contribution < -0.4 is 10.2 Å². The van der Waals surface area contributed by atoms with Crippen LogP contribution in [-0.2, 0) is 11.2 Å². The summed E-state index contributed by atoms with van der Waals surface area (Å²) in [4.78, 5) is 38.3. The number of rotatable bonds is 4. The Kier molecular flexibility index (Phi) is 4.29. The highest BCUT2D eigenvalue weighted by Crippen LogP contribution is 2.28. The van der Waals surface area contributed by atoms with E-state index in [2.05, 4.69) is 5.32 Å². The number of benzene rings is 2. The van der Waals surface area contributed by atoms with Crippen LogP contribution in [-0.4, -0.2) is 23.8 Å². The Labute approximate surface area is 152 Å². The topological polar surface area (TPSA) is 66.5 Å². The molecule has 4 rings (SSSR count). The van der Waals surface area contributed by atoms with Crippen LogP contribution in [0.15, 0.2) is 48.5 Å². The van der Waals surface area contributed by atoms with Gasteiger partial charge in [0.1, 0.15) is 0 Å². The lowest BCUT2D eigenvalue weighted by atomic mass is 10.1. The molecule has 0 saturated heterocycles. The van der Waals surface area contributed by atoms with Gasteiger partial charge in [-0.05, 0) is 42.7 Å². The fraction of sp³-hybridized carbons (Fsp3) is 0.286. The molecule has 2 aromatic rings. The number of carbonyl (C=O) groups is 3. The van der Waals surface area contributed by atoms with Gasteiger partial charge < -0.3 is 5.32 Å². The second-order valence-electron chi connectivity index (χ2n) is 6.88. The second-order valence-corrected chi connectivity index (χ2v) is 6.88. The lowest BCUT2D eigenvalue weighted by Gasteiger charge is -2.15. The summed E-state index contributed by atoms with van der Waals surface area (Å²) in [6, 6.07) is 14.2. The zero-order valence-electron chi connectivity index (χ0n) is 14.4. The van der Waals surface area contributed by atoms with Gasteiger partial charge in [-0.25, -0.2) is 4.90 Å². The zero-order valence-corrected chi connectivity index (χ0v) is 14.4. The molecular formula is C21H20N2O3. The van der Waals surface area contributed by atoms with E-state index in [9.17, 15) is 14.4 Å². The van der Waals surface area contributed by atoms with Crippen molar-refractivity contribution in [2.45, 2.75) is 38.1 Å². The number of carbonyl (C=O) groups excluding carboxylic acids is 3. The highest BCUT2D eigenvalue weighted by Gasteiger charge is 2.36. The Morgan fingerprint density at radius 3 is 2.08 bits per heavy atom. The molecule has 0 atom stereocenters. The smallest absolute Gasteiger partial charge is 0.266 e. The summed E-state index contributed by atoms with van der Waals surface area (Å²) in [5, 5.41) is 3.07. The molecule has 1 N–H and O–H groups in total. The summed E-state index contributed by atoms with van der Waals surface area (Å²) in [5.74, 6) is -0.597. The average molecular weight is 348 g/mol. The van der Waals surface area contributed by atoms with Crippen molar-refractivity contribution in [2.24, 2.45) is 0 Å². The predicted octanol–water partition coefficient (Wildman–Crippen LogP) is 3.09. The molecule has 1 aliphatic carbocycles. The van der Waals surface area contributed by atoms with Crippen LogP contribution in [0.25, 0.3) is 0 Å². The van der Waals surface area contributed by atoms with Gasteiger partial charge in [-0.3, -0.25) is 14.4 Å². The van der Waals surface area contributed by atoms with E-state index in [-0.39, 0.29) is 17.7 Å². The van der Waals surface area contributed by atoms with Crippen molar-refractivity contribution >= 4 is 23.4 Å². The van der Waals surface area contributed by atoms with E-state index < -0.39 is 0 Å². The van der Waals surface area contributed by atoms with Gasteiger partial charge in [0.15, 0.2) is 0 Å². The lowest BCUT2D eigenvalue weighted by Crippen LogP contribution is -2.33. The minimum atomic E-state index is -0.308. The van der Waals surface area contributed by atoms with Gasteiger partial charge in [0.2, 0.25) is 5.91 Å². The van der Waals surface area contributed by atoms with E-state index >= 15 is 0 Å². The molecule has 1 fully saturated rings. The van der Waals surface area contributed by atoms with Gasteiger partial charge in [-0.1, -0.05) is 37.1 Å². The number of nitrogens with zero attached hydrogens (tertiary/aromatic N) is 1. The van der Waals surface area contributed by atoms with Crippen molar-refractivity contribution in [3.63, 3.8) is 0 Å². The molecule has 0 spiro atoms. The van der Waals surface area contributed by atoms with Gasteiger partial charge >= 0.3 is 0 Å². The molecule has 1 heterocycles. The molecule has 0 radical (unpaired) electrons. The number of nitrogens with one attached hydrogen (secondary N) is 1. The summed E-state index contributed by atoms with van der Waals surface area (Å²) in [6.45, 7) is 0. The fourth-order valence-corrected chi connectivity index (χ4v) is 3.72. The molecule has 26 heavy (non-hydrogen) atoms. The molecule has 5 heteroatoms. The second kappa shape index (κ2) is 6.75. The van der Waals surface area contributed by atoms with Crippen LogP contribution in [0.3, 0.4) is 0 Å². The molecule has 132 valence electrons. The maximum atomic E-state index is 12.5. The van der Waals surface area contributed by atoms with Crippen molar-refractivity contribution < 1.29 is 14.4 Å². The summed E-state index contributed by atoms with van der Waals surface area (Å²) in [5.41, 5.74) is 2.24. The number of fused-ring (bicyclic) bond motifs is 1. The Morgan fingerprint density at radius 1 is 0.923 bits per heavy atom. The fourth-order valence-electron chi connectivity index (χ4n) is 3.72. The molecule has 0 unspecified atom stereocenters. The van der Waals surface area contributed by atoms with Gasteiger partial charge in [0, 0.05) is 6.04 Å². The SMILES string of the molecule is O=C(Cc1ccc(N2C(=O)c3ccccc3C2=O)cc1)NC1CCCC1. The summed E-state index contributed by atoms with van der Waals surface area (Å²) in [7, 11) is 0. The van der Waals surface area contributed by atoms with E-state index in [1.54, 1.807) is 48.5 Å². The first-order valence-corrected chi connectivity index (χ1v) is 8.99. The van der Waals surface area contributed by atoms with Gasteiger partial charge in [0.05, 0.1) is 23.2 Å². The monoisotopic (exact) mass is 348 g/mol. The van der Waals surface area contributed by atoms with E-state index in [0.717, 1.165) is 18.4 Å². The van der Waals surface area contributed by atoms with Crippen molar-refractivity contribution in [2.75, 3.05) is 4.90 Å². The maximum Gasteiger partial charge on any atom is 0.266 e. The molecule has 0 bridgehead atoms. The Balaban J connectivity index is 1.46. The van der Waals surface area contributed by atoms with Crippen molar-refractivity contribution in [3.8, 4) is 0 Å². The number of imide groups is 1. The molecule has 0 aromatic heterocycles. The molecule has 2 aliphatic rings. The number of hydrogen-bond donors (Lipinski definition) is 1. The highest BCUT2D eigenvalue weighted by atomic mass is 16.2. The van der Waals surface area contributed by atoms with Crippen LogP contribution in [0.1, 0.15) is 52.0 Å². The minimum Gasteiger partial charge on any atom is -0.353 e. The van der Waals surface area contributed by atoms with Crippen LogP contribution >= 0.6 is 0 Å². The Morgan fingerprint density at radius 2 is 1.50 bits per heavy atom. The van der Waals surface area contributed by atoms with E-state index in [1.807, 2.05) is 0 Å². The third-order valence-electron chi connectivity index (χ3n) is 5.07. The average Bonchev–Trinajstić information content (AvgIpc) is 3.24. The van der Waals surface area contributed by atoms with Crippen molar-refractivity contribution in [3.05, 3.63) is 65.2 Å². The standard InChI is InChI=1S/C21H20N2O3/c24-19(22-15-5-1-2-6-15)13-14-9-11-16(12-10-14)23-20(25)17-7-3-4-8-18(17)21(23)26/h3-4,7-12,15H,1-2,5-6,13H2,(H,22,24). The first kappa shape index (κ1) is 16.5. The maximum absolute atomic E-state index is 12.5. The number of hydrogen-bond acceptors (Lipinski definition) is 3. The Bertz CT molecular complexity index is 832. The van der Waals surface area contributed by atoms with Crippen LogP contribution in [0, 0.1) is 0 Å². The molecule has 3 amide bonds. The van der Waals surface area contributed by atoms with E-state index in [0.29, 0.717) is 29.3 Å². The quantitative estimate of drug-likeness (QED) is 0.864. The summed E-state index contributed by atoms with van der Waals surface area (Å²) < 4.78 is 0. The minimum absolute atomic E-state index is 0.0189. The predicted molar refractivity (Wildman–Crippen MR) is 98.1 cm³/mol. The first-order chi connectivity index (χ1) is 12.6. The molecule has 1 saturated carbocycles. The third kappa shape index (κ3) is 3.01. The van der Waals surface area contributed by atoms with E-state index in [1.165, 1.54) is 17.7 Å². The summed E-state index contributed by atoms with van der Waals surface area (Å²) >= 11 is 0. The number of anilines is 1. The molecule has 5 nitrogen and oxygen atoms in total. The van der Waals surface area contributed by atoms with Crippen LogP contribution in [0.4, 0.5) is 5.69 Å². The van der Waals surface area contributed by atoms with Gasteiger partial charge in [-0.15, -0.1) is 0 Å². The zero-order chi connectivity index (χ0) is 18.1. The summed E-state index contributed by atoms with van der Waals surface area (Å²) in [6.07, 6.45) is 4.79. The Hall–Kier alpha value is -2.95.